The number of thiazole rings is 1. The number of aliphatic hydroxyl groups is 1. The van der Waals surface area contributed by atoms with Crippen molar-refractivity contribution in [3.8, 4) is 0 Å². The predicted octanol–water partition coefficient (Wildman–Crippen LogP) is 2.54. The van der Waals surface area contributed by atoms with Gasteiger partial charge in [-0.25, -0.2) is 4.98 Å². The Kier molecular flexibility index (Phi) is 6.72. The second-order valence-corrected chi connectivity index (χ2v) is 6.62. The van der Waals surface area contributed by atoms with Gasteiger partial charge in [-0.05, 0) is 30.4 Å². The molecule has 2 aromatic rings. The number of aromatic nitrogens is 1. The molecular weight excluding hydrogens is 304 g/mol. The van der Waals surface area contributed by atoms with Crippen LogP contribution in [0.4, 0.5) is 0 Å². The molecule has 1 aromatic carbocycles. The number of carbonyl (C=O) groups is 1. The van der Waals surface area contributed by atoms with Gasteiger partial charge < -0.3 is 10.4 Å². The molecule has 0 unspecified atom stereocenters. The number of hydrogen-bond donors (Lipinski definition) is 2. The number of thioether (sulfide) groups is 1. The summed E-state index contributed by atoms with van der Waals surface area (Å²) >= 11 is 3.30. The van der Waals surface area contributed by atoms with Gasteiger partial charge in [0.25, 0.3) is 0 Å². The number of benzene rings is 1. The summed E-state index contributed by atoms with van der Waals surface area (Å²) in [6.45, 7) is 0.864. The van der Waals surface area contributed by atoms with Gasteiger partial charge in [0, 0.05) is 25.0 Å². The molecule has 112 valence electrons. The molecule has 1 amide bonds. The first-order valence-electron chi connectivity index (χ1n) is 6.79. The van der Waals surface area contributed by atoms with Crippen LogP contribution in [0.2, 0.25) is 0 Å². The van der Waals surface area contributed by atoms with Crippen LogP contribution >= 0.6 is 23.1 Å². The smallest absolute Gasteiger partial charge is 0.244 e. The molecule has 0 aliphatic rings. The molecule has 0 radical (unpaired) electrons. The van der Waals surface area contributed by atoms with Crippen molar-refractivity contribution in [1.29, 1.82) is 0 Å². The van der Waals surface area contributed by atoms with Crippen LogP contribution in [-0.2, 0) is 4.79 Å². The van der Waals surface area contributed by atoms with Gasteiger partial charge in [0.1, 0.15) is 5.01 Å². The van der Waals surface area contributed by atoms with Crippen LogP contribution in [0.1, 0.15) is 11.4 Å². The molecule has 0 saturated carbocycles. The minimum Gasteiger partial charge on any atom is -0.396 e. The third kappa shape index (κ3) is 5.49. The van der Waals surface area contributed by atoms with Crippen LogP contribution in [0.25, 0.3) is 16.3 Å². The van der Waals surface area contributed by atoms with Crippen LogP contribution in [-0.4, -0.2) is 40.7 Å². The molecule has 21 heavy (non-hydrogen) atoms. The summed E-state index contributed by atoms with van der Waals surface area (Å²) in [5.74, 6) is 1.69. The molecule has 1 heterocycles. The molecule has 0 aliphatic carbocycles. The summed E-state index contributed by atoms with van der Waals surface area (Å²) in [6, 6.07) is 7.92. The third-order valence-corrected chi connectivity index (χ3v) is 4.75. The van der Waals surface area contributed by atoms with Crippen LogP contribution in [0.3, 0.4) is 0 Å². The molecule has 0 fully saturated rings. The van der Waals surface area contributed by atoms with E-state index in [1.165, 1.54) is 6.08 Å². The van der Waals surface area contributed by atoms with Crippen molar-refractivity contribution in [3.63, 3.8) is 0 Å². The first-order valence-corrected chi connectivity index (χ1v) is 8.77. The average Bonchev–Trinajstić information content (AvgIpc) is 2.91. The Hall–Kier alpha value is -1.37. The van der Waals surface area contributed by atoms with Crippen molar-refractivity contribution >= 4 is 45.3 Å². The van der Waals surface area contributed by atoms with E-state index in [2.05, 4.69) is 10.3 Å². The van der Waals surface area contributed by atoms with E-state index in [9.17, 15) is 4.79 Å². The zero-order chi connectivity index (χ0) is 14.9. The Labute approximate surface area is 132 Å². The second kappa shape index (κ2) is 8.81. The minimum absolute atomic E-state index is 0.1000. The number of fused-ring (bicyclic) bond motifs is 1. The van der Waals surface area contributed by atoms with Gasteiger partial charge in [-0.1, -0.05) is 12.1 Å². The van der Waals surface area contributed by atoms with E-state index in [0.29, 0.717) is 6.54 Å². The normalized spacial score (nSPS) is 11.3. The maximum atomic E-state index is 11.7. The fourth-order valence-electron chi connectivity index (χ4n) is 1.68. The lowest BCUT2D eigenvalue weighted by Crippen LogP contribution is -2.23. The first-order chi connectivity index (χ1) is 10.3. The van der Waals surface area contributed by atoms with Crippen molar-refractivity contribution in [3.05, 3.63) is 35.3 Å². The van der Waals surface area contributed by atoms with E-state index in [1.807, 2.05) is 24.3 Å². The molecule has 1 aromatic heterocycles. The quantitative estimate of drug-likeness (QED) is 0.579. The Bertz CT molecular complexity index is 577. The van der Waals surface area contributed by atoms with Crippen LogP contribution in [0, 0.1) is 0 Å². The van der Waals surface area contributed by atoms with Crippen molar-refractivity contribution < 1.29 is 9.90 Å². The number of amides is 1. The second-order valence-electron chi connectivity index (χ2n) is 4.33. The summed E-state index contributed by atoms with van der Waals surface area (Å²) < 4.78 is 1.12. The highest BCUT2D eigenvalue weighted by atomic mass is 32.2. The maximum Gasteiger partial charge on any atom is 0.244 e. The summed E-state index contributed by atoms with van der Waals surface area (Å²) in [4.78, 5) is 16.1. The van der Waals surface area contributed by atoms with Crippen LogP contribution in [0.5, 0.6) is 0 Å². The molecule has 2 rings (SSSR count). The zero-order valence-corrected chi connectivity index (χ0v) is 13.3. The van der Waals surface area contributed by atoms with Gasteiger partial charge in [-0.15, -0.1) is 11.3 Å². The third-order valence-electron chi connectivity index (χ3n) is 2.68. The molecule has 4 nitrogen and oxygen atoms in total. The number of nitrogens with one attached hydrogen (secondary N) is 1. The number of aliphatic hydroxyl groups excluding tert-OH is 1. The van der Waals surface area contributed by atoms with Gasteiger partial charge in [0.15, 0.2) is 0 Å². The van der Waals surface area contributed by atoms with Crippen molar-refractivity contribution in [2.24, 2.45) is 0 Å². The standard InChI is InChI=1S/C15H18N2O2S2/c18-9-3-10-20-11-8-16-14(19)6-7-15-17-12-4-1-2-5-13(12)21-15/h1-2,4-7,18H,3,8-11H2,(H,16,19)/b7-6+. The molecule has 0 atom stereocenters. The van der Waals surface area contributed by atoms with E-state index < -0.39 is 0 Å². The van der Waals surface area contributed by atoms with Gasteiger partial charge in [-0.2, -0.15) is 11.8 Å². The predicted molar refractivity (Wildman–Crippen MR) is 90.7 cm³/mol. The highest BCUT2D eigenvalue weighted by Crippen LogP contribution is 2.22. The van der Waals surface area contributed by atoms with E-state index in [1.54, 1.807) is 29.2 Å². The van der Waals surface area contributed by atoms with Gasteiger partial charge in [0.2, 0.25) is 5.91 Å². The Balaban J connectivity index is 1.74. The van der Waals surface area contributed by atoms with E-state index in [-0.39, 0.29) is 12.5 Å². The number of nitrogens with zero attached hydrogens (tertiary/aromatic N) is 1. The fourth-order valence-corrected chi connectivity index (χ4v) is 3.34. The lowest BCUT2D eigenvalue weighted by atomic mass is 10.3. The molecule has 0 saturated heterocycles. The summed E-state index contributed by atoms with van der Waals surface area (Å²) in [5, 5.41) is 12.3. The van der Waals surface area contributed by atoms with Crippen molar-refractivity contribution in [2.75, 3.05) is 24.7 Å². The van der Waals surface area contributed by atoms with Gasteiger partial charge >= 0.3 is 0 Å². The SMILES string of the molecule is O=C(/C=C/c1nc2ccccc2s1)NCCSCCCO. The largest absolute Gasteiger partial charge is 0.396 e. The van der Waals surface area contributed by atoms with Gasteiger partial charge in [-0.3, -0.25) is 4.79 Å². The number of rotatable bonds is 8. The molecular formula is C15H18N2O2S2. The topological polar surface area (TPSA) is 62.2 Å². The number of carbonyl (C=O) groups excluding carboxylic acids is 1. The summed E-state index contributed by atoms with van der Waals surface area (Å²) in [6.07, 6.45) is 4.07. The Morgan fingerprint density at radius 1 is 1.38 bits per heavy atom. The minimum atomic E-state index is -0.1000. The molecule has 2 N–H and O–H groups in total. The maximum absolute atomic E-state index is 11.7. The lowest BCUT2D eigenvalue weighted by Gasteiger charge is -2.01. The van der Waals surface area contributed by atoms with Crippen molar-refractivity contribution in [2.45, 2.75) is 6.42 Å². The highest BCUT2D eigenvalue weighted by molar-refractivity contribution is 7.99. The van der Waals surface area contributed by atoms with Crippen LogP contribution in [0.15, 0.2) is 30.3 Å². The Morgan fingerprint density at radius 2 is 2.24 bits per heavy atom. The average molecular weight is 322 g/mol. The van der Waals surface area contributed by atoms with Crippen molar-refractivity contribution in [1.82, 2.24) is 10.3 Å². The van der Waals surface area contributed by atoms with E-state index in [0.717, 1.165) is 33.2 Å². The van der Waals surface area contributed by atoms with Gasteiger partial charge in [0.05, 0.1) is 10.2 Å². The fraction of sp³-hybridized carbons (Fsp3) is 0.333. The number of para-hydroxylation sites is 1. The zero-order valence-electron chi connectivity index (χ0n) is 11.6. The molecule has 6 heteroatoms. The monoisotopic (exact) mass is 322 g/mol. The summed E-state index contributed by atoms with van der Waals surface area (Å²) in [7, 11) is 0. The molecule has 0 aliphatic heterocycles. The van der Waals surface area contributed by atoms with E-state index in [4.69, 9.17) is 5.11 Å². The lowest BCUT2D eigenvalue weighted by molar-refractivity contribution is -0.116. The Morgan fingerprint density at radius 3 is 3.05 bits per heavy atom. The molecule has 0 bridgehead atoms. The first kappa shape index (κ1) is 16.0. The molecule has 0 spiro atoms. The summed E-state index contributed by atoms with van der Waals surface area (Å²) in [5.41, 5.74) is 0.961. The van der Waals surface area contributed by atoms with Crippen LogP contribution < -0.4 is 5.32 Å². The van der Waals surface area contributed by atoms with E-state index >= 15 is 0 Å². The number of hydrogen-bond acceptors (Lipinski definition) is 5. The highest BCUT2D eigenvalue weighted by Gasteiger charge is 2.00.